The number of rotatable bonds is 4. The molecule has 0 fully saturated rings. The number of carboxylic acids is 1. The van der Waals surface area contributed by atoms with Crippen molar-refractivity contribution < 1.29 is 9.90 Å². The van der Waals surface area contributed by atoms with E-state index < -0.39 is 5.97 Å². The summed E-state index contributed by atoms with van der Waals surface area (Å²) in [5.74, 6) is -0.932. The Labute approximate surface area is 119 Å². The van der Waals surface area contributed by atoms with Crippen LogP contribution in [0.1, 0.15) is 10.4 Å². The number of fused-ring (bicyclic) bond motifs is 1. The van der Waals surface area contributed by atoms with Crippen molar-refractivity contribution in [3.05, 3.63) is 58.6 Å². The highest BCUT2D eigenvalue weighted by atomic mass is 32.1. The standard InChI is InChI=1S/C15H12N2O2S/c18-15(19)6-5-11-7-12(20-9-11)8-17-10-16-13-3-1-2-4-14(13)17/h1-7,9-10H,8H2,(H,18,19). The number of nitrogens with zero attached hydrogens (tertiary/aromatic N) is 2. The number of hydrogen-bond donors (Lipinski definition) is 1. The van der Waals surface area contributed by atoms with Gasteiger partial charge in [-0.15, -0.1) is 11.3 Å². The molecule has 4 nitrogen and oxygen atoms in total. The Balaban J connectivity index is 1.83. The van der Waals surface area contributed by atoms with Crippen LogP contribution in [0.15, 0.2) is 48.1 Å². The van der Waals surface area contributed by atoms with Gasteiger partial charge in [-0.3, -0.25) is 0 Å². The molecule has 1 N–H and O–H groups in total. The first kappa shape index (κ1) is 12.6. The molecule has 0 aliphatic rings. The van der Waals surface area contributed by atoms with Crippen LogP contribution in [0.3, 0.4) is 0 Å². The molecule has 3 rings (SSSR count). The maximum atomic E-state index is 10.5. The maximum Gasteiger partial charge on any atom is 0.328 e. The third-order valence-corrected chi connectivity index (χ3v) is 3.89. The van der Waals surface area contributed by atoms with E-state index >= 15 is 0 Å². The fraction of sp³-hybridized carbons (Fsp3) is 0.0667. The molecule has 1 aromatic carbocycles. The molecule has 0 saturated carbocycles. The van der Waals surface area contributed by atoms with Gasteiger partial charge in [-0.25, -0.2) is 9.78 Å². The minimum absolute atomic E-state index is 0.742. The lowest BCUT2D eigenvalue weighted by Crippen LogP contribution is -1.95. The molecule has 0 aliphatic heterocycles. The van der Waals surface area contributed by atoms with E-state index in [9.17, 15) is 4.79 Å². The lowest BCUT2D eigenvalue weighted by Gasteiger charge is -2.01. The van der Waals surface area contributed by atoms with E-state index in [1.165, 1.54) is 0 Å². The van der Waals surface area contributed by atoms with Crippen molar-refractivity contribution in [1.29, 1.82) is 0 Å². The highest BCUT2D eigenvalue weighted by molar-refractivity contribution is 7.10. The molecule has 5 heteroatoms. The van der Waals surface area contributed by atoms with Gasteiger partial charge in [0.1, 0.15) is 0 Å². The van der Waals surface area contributed by atoms with Gasteiger partial charge in [0, 0.05) is 11.0 Å². The first-order valence-corrected chi connectivity index (χ1v) is 6.98. The molecule has 0 amide bonds. The van der Waals surface area contributed by atoms with Crippen LogP contribution in [-0.2, 0) is 11.3 Å². The Morgan fingerprint density at radius 1 is 1.40 bits per heavy atom. The fourth-order valence-electron chi connectivity index (χ4n) is 2.04. The number of hydrogen-bond acceptors (Lipinski definition) is 3. The zero-order chi connectivity index (χ0) is 13.9. The molecule has 0 aliphatic carbocycles. The summed E-state index contributed by atoms with van der Waals surface area (Å²) in [5.41, 5.74) is 3.00. The van der Waals surface area contributed by atoms with E-state index in [1.807, 2.05) is 42.0 Å². The van der Waals surface area contributed by atoms with E-state index in [2.05, 4.69) is 9.55 Å². The molecule has 0 spiro atoms. The molecule has 100 valence electrons. The van der Waals surface area contributed by atoms with Crippen LogP contribution in [0.25, 0.3) is 17.1 Å². The average molecular weight is 284 g/mol. The topological polar surface area (TPSA) is 55.1 Å². The van der Waals surface area contributed by atoms with Gasteiger partial charge in [0.15, 0.2) is 0 Å². The fourth-order valence-corrected chi connectivity index (χ4v) is 2.89. The number of benzene rings is 1. The van der Waals surface area contributed by atoms with Crippen molar-refractivity contribution in [3.8, 4) is 0 Å². The Hall–Kier alpha value is -2.40. The average Bonchev–Trinajstić information content (AvgIpc) is 3.05. The van der Waals surface area contributed by atoms with Gasteiger partial charge in [-0.2, -0.15) is 0 Å². The summed E-state index contributed by atoms with van der Waals surface area (Å²) in [7, 11) is 0. The van der Waals surface area contributed by atoms with Crippen molar-refractivity contribution >= 4 is 34.4 Å². The summed E-state index contributed by atoms with van der Waals surface area (Å²) in [5, 5.41) is 10.6. The second kappa shape index (κ2) is 5.30. The normalized spacial score (nSPS) is 11.4. The molecule has 0 atom stereocenters. The molecule has 2 aromatic heterocycles. The molecular weight excluding hydrogens is 272 g/mol. The Bertz CT molecular complexity index is 786. The Morgan fingerprint density at radius 2 is 2.25 bits per heavy atom. The molecule has 0 radical (unpaired) electrons. The number of carboxylic acid groups (broad SMARTS) is 1. The predicted octanol–water partition coefficient (Wildman–Crippen LogP) is 3.24. The summed E-state index contributed by atoms with van der Waals surface area (Å²) in [4.78, 5) is 16.0. The zero-order valence-electron chi connectivity index (χ0n) is 10.6. The summed E-state index contributed by atoms with van der Waals surface area (Å²) < 4.78 is 2.09. The zero-order valence-corrected chi connectivity index (χ0v) is 11.4. The summed E-state index contributed by atoms with van der Waals surface area (Å²) in [6, 6.07) is 10.00. The highest BCUT2D eigenvalue weighted by Crippen LogP contribution is 2.20. The van der Waals surface area contributed by atoms with Gasteiger partial charge < -0.3 is 9.67 Å². The predicted molar refractivity (Wildman–Crippen MR) is 79.8 cm³/mol. The summed E-state index contributed by atoms with van der Waals surface area (Å²) in [6.45, 7) is 0.742. The van der Waals surface area contributed by atoms with Gasteiger partial charge in [-0.05, 0) is 35.2 Å². The quantitative estimate of drug-likeness (QED) is 0.748. The first-order chi connectivity index (χ1) is 9.72. The van der Waals surface area contributed by atoms with Crippen molar-refractivity contribution in [3.63, 3.8) is 0 Å². The minimum Gasteiger partial charge on any atom is -0.478 e. The van der Waals surface area contributed by atoms with E-state index in [0.29, 0.717) is 0 Å². The van der Waals surface area contributed by atoms with Crippen LogP contribution in [0.2, 0.25) is 0 Å². The number of imidazole rings is 1. The molecule has 0 bridgehead atoms. The SMILES string of the molecule is O=C(O)C=Cc1csc(Cn2cnc3ccccc32)c1. The monoisotopic (exact) mass is 284 g/mol. The molecule has 2 heterocycles. The second-order valence-electron chi connectivity index (χ2n) is 4.38. The molecule has 0 unspecified atom stereocenters. The van der Waals surface area contributed by atoms with Crippen molar-refractivity contribution in [2.24, 2.45) is 0 Å². The smallest absolute Gasteiger partial charge is 0.328 e. The number of carbonyl (C=O) groups is 1. The van der Waals surface area contributed by atoms with Crippen LogP contribution in [0.5, 0.6) is 0 Å². The molecular formula is C15H12N2O2S. The number of thiophene rings is 1. The summed E-state index contributed by atoms with van der Waals surface area (Å²) in [6.07, 6.45) is 4.59. The third kappa shape index (κ3) is 2.62. The first-order valence-electron chi connectivity index (χ1n) is 6.11. The van der Waals surface area contributed by atoms with E-state index in [0.717, 1.165) is 34.1 Å². The van der Waals surface area contributed by atoms with Crippen LogP contribution >= 0.6 is 11.3 Å². The van der Waals surface area contributed by atoms with Crippen LogP contribution in [0.4, 0.5) is 0 Å². The highest BCUT2D eigenvalue weighted by Gasteiger charge is 2.04. The largest absolute Gasteiger partial charge is 0.478 e. The van der Waals surface area contributed by atoms with E-state index in [-0.39, 0.29) is 0 Å². The van der Waals surface area contributed by atoms with Crippen LogP contribution in [-0.4, -0.2) is 20.6 Å². The van der Waals surface area contributed by atoms with Crippen molar-refractivity contribution in [2.45, 2.75) is 6.54 Å². The minimum atomic E-state index is -0.932. The van der Waals surface area contributed by atoms with Crippen molar-refractivity contribution in [2.75, 3.05) is 0 Å². The molecule has 3 aromatic rings. The van der Waals surface area contributed by atoms with Gasteiger partial charge in [0.25, 0.3) is 0 Å². The van der Waals surface area contributed by atoms with Crippen LogP contribution in [0, 0.1) is 0 Å². The van der Waals surface area contributed by atoms with Crippen molar-refractivity contribution in [1.82, 2.24) is 9.55 Å². The lowest BCUT2D eigenvalue weighted by molar-refractivity contribution is -0.131. The summed E-state index contributed by atoms with van der Waals surface area (Å²) >= 11 is 1.62. The Kier molecular flexibility index (Phi) is 3.35. The van der Waals surface area contributed by atoms with E-state index in [1.54, 1.807) is 17.4 Å². The van der Waals surface area contributed by atoms with Gasteiger partial charge in [-0.1, -0.05) is 12.1 Å². The van der Waals surface area contributed by atoms with Gasteiger partial charge in [0.05, 0.1) is 23.9 Å². The molecule has 0 saturated heterocycles. The van der Waals surface area contributed by atoms with Gasteiger partial charge in [0.2, 0.25) is 0 Å². The third-order valence-electron chi connectivity index (χ3n) is 2.95. The Morgan fingerprint density at radius 3 is 3.10 bits per heavy atom. The second-order valence-corrected chi connectivity index (χ2v) is 5.37. The number of aliphatic carboxylic acids is 1. The van der Waals surface area contributed by atoms with E-state index in [4.69, 9.17) is 5.11 Å². The van der Waals surface area contributed by atoms with Crippen LogP contribution < -0.4 is 0 Å². The van der Waals surface area contributed by atoms with Gasteiger partial charge >= 0.3 is 5.97 Å². The molecule has 20 heavy (non-hydrogen) atoms. The number of aromatic nitrogens is 2. The maximum absolute atomic E-state index is 10.5. The number of para-hydroxylation sites is 2. The lowest BCUT2D eigenvalue weighted by atomic mass is 10.2.